The minimum absolute atomic E-state index is 0.0000369. The Hall–Kier alpha value is -3.56. The van der Waals surface area contributed by atoms with Gasteiger partial charge in [-0.05, 0) is 68.8 Å². The van der Waals surface area contributed by atoms with Crippen molar-refractivity contribution in [1.29, 1.82) is 0 Å². The van der Waals surface area contributed by atoms with Crippen LogP contribution in [0.5, 0.6) is 0 Å². The van der Waals surface area contributed by atoms with Crippen molar-refractivity contribution in [3.8, 4) is 0 Å². The van der Waals surface area contributed by atoms with Gasteiger partial charge < -0.3 is 10.2 Å². The zero-order valence-electron chi connectivity index (χ0n) is 25.1. The first kappa shape index (κ1) is 34.3. The third-order valence-electron chi connectivity index (χ3n) is 7.08. The van der Waals surface area contributed by atoms with Crippen LogP contribution >= 0.6 is 34.8 Å². The standard InChI is InChI=1S/C34H34Cl3N3O4S/c1-23(2)38-34(42)32(19-25-9-5-4-6-10-25)39(21-29-30(36)13-8-14-31(29)37)33(41)22-40(27-12-7-11-26(35)20-27)45(43,44)28-17-15-24(3)16-18-28/h4-18,20,23,32H,19,21-22H2,1-3H3,(H,38,42). The van der Waals surface area contributed by atoms with Gasteiger partial charge in [-0.2, -0.15) is 0 Å². The molecule has 7 nitrogen and oxygen atoms in total. The zero-order chi connectivity index (χ0) is 32.7. The van der Waals surface area contributed by atoms with Gasteiger partial charge in [0.2, 0.25) is 11.8 Å². The van der Waals surface area contributed by atoms with Crippen molar-refractivity contribution in [2.24, 2.45) is 0 Å². The number of nitrogens with zero attached hydrogens (tertiary/aromatic N) is 2. The summed E-state index contributed by atoms with van der Waals surface area (Å²) in [4.78, 5) is 29.7. The third-order valence-corrected chi connectivity index (χ3v) is 9.81. The summed E-state index contributed by atoms with van der Waals surface area (Å²) in [7, 11) is -4.25. The van der Waals surface area contributed by atoms with E-state index >= 15 is 0 Å². The lowest BCUT2D eigenvalue weighted by atomic mass is 10.0. The van der Waals surface area contributed by atoms with Gasteiger partial charge in [-0.25, -0.2) is 8.42 Å². The van der Waals surface area contributed by atoms with E-state index in [1.54, 1.807) is 48.5 Å². The molecule has 0 aliphatic rings. The molecule has 4 aromatic carbocycles. The minimum Gasteiger partial charge on any atom is -0.352 e. The van der Waals surface area contributed by atoms with Gasteiger partial charge >= 0.3 is 0 Å². The fraction of sp³-hybridized carbons (Fsp3) is 0.235. The van der Waals surface area contributed by atoms with E-state index in [2.05, 4.69) is 5.32 Å². The van der Waals surface area contributed by atoms with Crippen LogP contribution in [-0.4, -0.2) is 43.8 Å². The second-order valence-electron chi connectivity index (χ2n) is 10.9. The first-order chi connectivity index (χ1) is 21.4. The fourth-order valence-corrected chi connectivity index (χ4v) is 6.89. The number of rotatable bonds is 12. The first-order valence-electron chi connectivity index (χ1n) is 14.3. The molecule has 1 N–H and O–H groups in total. The monoisotopic (exact) mass is 685 g/mol. The molecule has 1 unspecified atom stereocenters. The number of halogens is 3. The van der Waals surface area contributed by atoms with Gasteiger partial charge in [0.25, 0.3) is 10.0 Å². The van der Waals surface area contributed by atoms with E-state index in [0.29, 0.717) is 20.6 Å². The molecule has 4 aromatic rings. The van der Waals surface area contributed by atoms with E-state index in [9.17, 15) is 18.0 Å². The van der Waals surface area contributed by atoms with Crippen LogP contribution in [0.15, 0.2) is 102 Å². The van der Waals surface area contributed by atoms with Crippen LogP contribution in [0.2, 0.25) is 15.1 Å². The molecule has 0 aliphatic heterocycles. The molecule has 45 heavy (non-hydrogen) atoms. The Balaban J connectivity index is 1.84. The predicted molar refractivity (Wildman–Crippen MR) is 181 cm³/mol. The molecule has 0 fully saturated rings. The van der Waals surface area contributed by atoms with Crippen LogP contribution in [0.1, 0.15) is 30.5 Å². The number of nitrogens with one attached hydrogen (secondary N) is 1. The molecule has 0 saturated heterocycles. The van der Waals surface area contributed by atoms with Gasteiger partial charge in [-0.3, -0.25) is 13.9 Å². The van der Waals surface area contributed by atoms with Crippen LogP contribution < -0.4 is 9.62 Å². The fourth-order valence-electron chi connectivity index (χ4n) is 4.79. The Morgan fingerprint density at radius 3 is 2.04 bits per heavy atom. The second-order valence-corrected chi connectivity index (χ2v) is 14.0. The Bertz CT molecular complexity index is 1730. The quantitative estimate of drug-likeness (QED) is 0.169. The number of hydrogen-bond donors (Lipinski definition) is 1. The number of amides is 2. The predicted octanol–water partition coefficient (Wildman–Crippen LogP) is 7.32. The smallest absolute Gasteiger partial charge is 0.264 e. The van der Waals surface area contributed by atoms with Crippen LogP contribution in [0.4, 0.5) is 5.69 Å². The molecule has 4 rings (SSSR count). The maximum Gasteiger partial charge on any atom is 0.264 e. The highest BCUT2D eigenvalue weighted by atomic mass is 35.5. The highest BCUT2D eigenvalue weighted by Gasteiger charge is 2.35. The van der Waals surface area contributed by atoms with Gasteiger partial charge in [-0.1, -0.05) is 95.0 Å². The van der Waals surface area contributed by atoms with Crippen LogP contribution in [0.3, 0.4) is 0 Å². The average Bonchev–Trinajstić information content (AvgIpc) is 2.99. The summed E-state index contributed by atoms with van der Waals surface area (Å²) in [6.45, 7) is 4.72. The molecule has 11 heteroatoms. The van der Waals surface area contributed by atoms with Crippen molar-refractivity contribution in [2.75, 3.05) is 10.8 Å². The summed E-state index contributed by atoms with van der Waals surface area (Å²) in [5.41, 5.74) is 2.31. The van der Waals surface area contributed by atoms with Crippen molar-refractivity contribution < 1.29 is 18.0 Å². The molecule has 0 spiro atoms. The van der Waals surface area contributed by atoms with Crippen LogP contribution in [-0.2, 0) is 32.6 Å². The summed E-state index contributed by atoms with van der Waals surface area (Å²) in [6, 6.07) is 25.6. The second kappa shape index (κ2) is 15.1. The number of anilines is 1. The molecular weight excluding hydrogens is 653 g/mol. The number of carbonyl (C=O) groups excluding carboxylic acids is 2. The van der Waals surface area contributed by atoms with Crippen LogP contribution in [0, 0.1) is 6.92 Å². The summed E-state index contributed by atoms with van der Waals surface area (Å²) >= 11 is 19.4. The van der Waals surface area contributed by atoms with Crippen molar-refractivity contribution in [2.45, 2.75) is 50.7 Å². The Labute approximate surface area is 279 Å². The van der Waals surface area contributed by atoms with E-state index in [4.69, 9.17) is 34.8 Å². The molecule has 2 amide bonds. The molecular formula is C34H34Cl3N3O4S. The van der Waals surface area contributed by atoms with Crippen molar-refractivity contribution in [1.82, 2.24) is 10.2 Å². The summed E-state index contributed by atoms with van der Waals surface area (Å²) in [5, 5.41) is 3.83. The van der Waals surface area contributed by atoms with Gasteiger partial charge in [0.05, 0.1) is 10.6 Å². The number of benzene rings is 4. The van der Waals surface area contributed by atoms with E-state index in [1.807, 2.05) is 51.1 Å². The maximum atomic E-state index is 14.5. The first-order valence-corrected chi connectivity index (χ1v) is 16.9. The molecule has 0 aliphatic carbocycles. The molecule has 1 atom stereocenters. The van der Waals surface area contributed by atoms with E-state index < -0.39 is 34.4 Å². The third kappa shape index (κ3) is 8.79. The molecule has 0 heterocycles. The summed E-state index contributed by atoms with van der Waals surface area (Å²) in [5.74, 6) is -1.04. The number of carbonyl (C=O) groups is 2. The van der Waals surface area contributed by atoms with Crippen molar-refractivity contribution in [3.63, 3.8) is 0 Å². The summed E-state index contributed by atoms with van der Waals surface area (Å²) < 4.78 is 29.2. The lowest BCUT2D eigenvalue weighted by Crippen LogP contribution is -2.54. The van der Waals surface area contributed by atoms with Gasteiger partial charge in [-0.15, -0.1) is 0 Å². The lowest BCUT2D eigenvalue weighted by molar-refractivity contribution is -0.140. The van der Waals surface area contributed by atoms with E-state index in [-0.39, 0.29) is 29.6 Å². The molecule has 0 radical (unpaired) electrons. The average molecular weight is 687 g/mol. The normalized spacial score (nSPS) is 12.1. The number of aryl methyl sites for hydroxylation is 1. The SMILES string of the molecule is Cc1ccc(S(=O)(=O)N(CC(=O)N(Cc2c(Cl)cccc2Cl)C(Cc2ccccc2)C(=O)NC(C)C)c2cccc(Cl)c2)cc1. The Kier molecular flexibility index (Phi) is 11.6. The van der Waals surface area contributed by atoms with Gasteiger partial charge in [0, 0.05) is 39.6 Å². The largest absolute Gasteiger partial charge is 0.352 e. The van der Waals surface area contributed by atoms with Crippen molar-refractivity contribution >= 4 is 62.3 Å². The highest BCUT2D eigenvalue weighted by Crippen LogP contribution is 2.30. The van der Waals surface area contributed by atoms with E-state index in [0.717, 1.165) is 15.4 Å². The van der Waals surface area contributed by atoms with Gasteiger partial charge in [0.15, 0.2) is 0 Å². The molecule has 0 bridgehead atoms. The van der Waals surface area contributed by atoms with Gasteiger partial charge in [0.1, 0.15) is 12.6 Å². The highest BCUT2D eigenvalue weighted by molar-refractivity contribution is 7.92. The minimum atomic E-state index is -4.25. The maximum absolute atomic E-state index is 14.5. The molecule has 236 valence electrons. The Morgan fingerprint density at radius 1 is 0.822 bits per heavy atom. The zero-order valence-corrected chi connectivity index (χ0v) is 28.2. The summed E-state index contributed by atoms with van der Waals surface area (Å²) in [6.07, 6.45) is 0.162. The topological polar surface area (TPSA) is 86.8 Å². The Morgan fingerprint density at radius 2 is 1.44 bits per heavy atom. The van der Waals surface area contributed by atoms with Crippen LogP contribution in [0.25, 0.3) is 0 Å². The lowest BCUT2D eigenvalue weighted by Gasteiger charge is -2.34. The van der Waals surface area contributed by atoms with E-state index in [1.165, 1.54) is 23.1 Å². The van der Waals surface area contributed by atoms with Crippen molar-refractivity contribution in [3.05, 3.63) is 129 Å². The molecule has 0 aromatic heterocycles. The number of sulfonamides is 1. The molecule has 0 saturated carbocycles. The number of hydrogen-bond acceptors (Lipinski definition) is 4.